The van der Waals surface area contributed by atoms with E-state index in [0.717, 1.165) is 0 Å². The topological polar surface area (TPSA) is 70.7 Å². The molecule has 0 atom stereocenters. The van der Waals surface area contributed by atoms with E-state index in [1.807, 2.05) is 13.0 Å². The highest BCUT2D eigenvalue weighted by Gasteiger charge is 2.17. The van der Waals surface area contributed by atoms with E-state index in [-0.39, 0.29) is 40.6 Å². The normalized spacial score (nSPS) is 10.6. The van der Waals surface area contributed by atoms with Gasteiger partial charge in [0.05, 0.1) is 41.6 Å². The van der Waals surface area contributed by atoms with E-state index in [0.29, 0.717) is 23.0 Å². The molecule has 0 fully saturated rings. The number of carbonyl (C=O) groups excluding carboxylic acids is 2. The first-order valence-electron chi connectivity index (χ1n) is 8.43. The predicted molar refractivity (Wildman–Crippen MR) is 114 cm³/mol. The van der Waals surface area contributed by atoms with Crippen LogP contribution in [0.1, 0.15) is 6.92 Å². The van der Waals surface area contributed by atoms with E-state index < -0.39 is 0 Å². The van der Waals surface area contributed by atoms with Gasteiger partial charge in [0.2, 0.25) is 11.8 Å². The molecule has 2 aromatic carbocycles. The molecule has 2 amide bonds. The van der Waals surface area contributed by atoms with Crippen LogP contribution in [0, 0.1) is 0 Å². The summed E-state index contributed by atoms with van der Waals surface area (Å²) in [4.78, 5) is 26.4. The lowest BCUT2D eigenvalue weighted by Gasteiger charge is -2.20. The first-order chi connectivity index (χ1) is 13.3. The number of nitrogens with zero attached hydrogens (tertiary/aromatic N) is 1. The summed E-state index contributed by atoms with van der Waals surface area (Å²) in [5.41, 5.74) is 0.850. The maximum absolute atomic E-state index is 12.4. The zero-order valence-corrected chi connectivity index (χ0v) is 17.7. The summed E-state index contributed by atoms with van der Waals surface area (Å²) in [6.45, 7) is 2.37. The van der Waals surface area contributed by atoms with E-state index in [9.17, 15) is 9.59 Å². The molecule has 2 rings (SSSR count). The van der Waals surface area contributed by atoms with E-state index >= 15 is 0 Å². The van der Waals surface area contributed by atoms with Gasteiger partial charge in [-0.05, 0) is 30.8 Å². The number of likely N-dealkylation sites (N-methyl/N-ethyl adjacent to an activating group) is 1. The SMILES string of the molecule is CCN(CC(=O)Nc1ccccc1OC)CC(=O)Nc1c(Cl)cc(Cl)cc1Cl. The van der Waals surface area contributed by atoms with Gasteiger partial charge < -0.3 is 15.4 Å². The van der Waals surface area contributed by atoms with Crippen LogP contribution in [0.2, 0.25) is 15.1 Å². The first kappa shape index (κ1) is 22.3. The van der Waals surface area contributed by atoms with Gasteiger partial charge in [-0.3, -0.25) is 14.5 Å². The molecule has 6 nitrogen and oxygen atoms in total. The number of hydrogen-bond acceptors (Lipinski definition) is 4. The predicted octanol–water partition coefficient (Wildman–Crippen LogP) is 4.55. The molecule has 0 radical (unpaired) electrons. The summed E-state index contributed by atoms with van der Waals surface area (Å²) >= 11 is 18.0. The number of para-hydroxylation sites is 2. The smallest absolute Gasteiger partial charge is 0.238 e. The summed E-state index contributed by atoms with van der Waals surface area (Å²) in [6, 6.07) is 10.1. The summed E-state index contributed by atoms with van der Waals surface area (Å²) in [6.07, 6.45) is 0. The van der Waals surface area contributed by atoms with E-state index in [1.54, 1.807) is 23.1 Å². The number of benzene rings is 2. The lowest BCUT2D eigenvalue weighted by molar-refractivity contribution is -0.119. The molecule has 0 aliphatic carbocycles. The molecule has 0 unspecified atom stereocenters. The number of hydrogen-bond donors (Lipinski definition) is 2. The minimum absolute atomic E-state index is 0.00880. The van der Waals surface area contributed by atoms with Crippen LogP contribution in [0.15, 0.2) is 36.4 Å². The molecule has 0 aromatic heterocycles. The minimum Gasteiger partial charge on any atom is -0.495 e. The maximum Gasteiger partial charge on any atom is 0.238 e. The fraction of sp³-hybridized carbons (Fsp3) is 0.263. The Hall–Kier alpha value is -1.99. The second-order valence-electron chi connectivity index (χ2n) is 5.84. The molecular weight excluding hydrogens is 425 g/mol. The third-order valence-electron chi connectivity index (χ3n) is 3.83. The van der Waals surface area contributed by atoms with Crippen molar-refractivity contribution in [3.63, 3.8) is 0 Å². The highest BCUT2D eigenvalue weighted by Crippen LogP contribution is 2.33. The Kier molecular flexibility index (Phi) is 8.38. The standard InChI is InChI=1S/C19H20Cl3N3O3/c1-3-25(10-17(26)23-15-6-4-5-7-16(15)28-2)11-18(27)24-19-13(21)8-12(20)9-14(19)22/h4-9H,3,10-11H2,1-2H3,(H,23,26)(H,24,27). The number of anilines is 2. The number of ether oxygens (including phenoxy) is 1. The molecule has 0 saturated carbocycles. The Morgan fingerprint density at radius 2 is 1.57 bits per heavy atom. The van der Waals surface area contributed by atoms with E-state index in [2.05, 4.69) is 10.6 Å². The first-order valence-corrected chi connectivity index (χ1v) is 9.57. The fourth-order valence-corrected chi connectivity index (χ4v) is 3.38. The Morgan fingerprint density at radius 3 is 2.14 bits per heavy atom. The van der Waals surface area contributed by atoms with Crippen molar-refractivity contribution >= 4 is 58.0 Å². The fourth-order valence-electron chi connectivity index (χ4n) is 2.46. The monoisotopic (exact) mass is 443 g/mol. The molecule has 0 spiro atoms. The van der Waals surface area contributed by atoms with Crippen molar-refractivity contribution in [3.05, 3.63) is 51.5 Å². The van der Waals surface area contributed by atoms with E-state index in [4.69, 9.17) is 39.5 Å². The number of nitrogens with one attached hydrogen (secondary N) is 2. The van der Waals surface area contributed by atoms with Gasteiger partial charge >= 0.3 is 0 Å². The van der Waals surface area contributed by atoms with Crippen LogP contribution >= 0.6 is 34.8 Å². The average molecular weight is 445 g/mol. The van der Waals surface area contributed by atoms with Crippen LogP contribution in [-0.2, 0) is 9.59 Å². The molecule has 0 aliphatic rings. The van der Waals surface area contributed by atoms with Gasteiger partial charge in [-0.15, -0.1) is 0 Å². The molecular formula is C19H20Cl3N3O3. The van der Waals surface area contributed by atoms with Crippen LogP contribution < -0.4 is 15.4 Å². The lowest BCUT2D eigenvalue weighted by Crippen LogP contribution is -2.38. The van der Waals surface area contributed by atoms with Gasteiger partial charge in [0.15, 0.2) is 0 Å². The van der Waals surface area contributed by atoms with Crippen molar-refractivity contribution in [2.45, 2.75) is 6.92 Å². The molecule has 150 valence electrons. The van der Waals surface area contributed by atoms with Crippen LogP contribution in [-0.4, -0.2) is 43.5 Å². The third kappa shape index (κ3) is 6.27. The molecule has 0 saturated heterocycles. The Bertz CT molecular complexity index is 838. The van der Waals surface area contributed by atoms with Gasteiger partial charge in [-0.2, -0.15) is 0 Å². The molecule has 0 bridgehead atoms. The second-order valence-corrected chi connectivity index (χ2v) is 7.10. The molecule has 0 heterocycles. The summed E-state index contributed by atoms with van der Waals surface area (Å²) in [5.74, 6) is -0.0524. The van der Waals surface area contributed by atoms with Crippen molar-refractivity contribution in [3.8, 4) is 5.75 Å². The molecule has 28 heavy (non-hydrogen) atoms. The lowest BCUT2D eigenvalue weighted by atomic mass is 10.3. The Labute approximate surface area is 178 Å². The number of rotatable bonds is 8. The average Bonchev–Trinajstić information content (AvgIpc) is 2.64. The zero-order valence-electron chi connectivity index (χ0n) is 15.4. The van der Waals surface area contributed by atoms with Gasteiger partial charge in [0.1, 0.15) is 5.75 Å². The molecule has 0 aliphatic heterocycles. The quantitative estimate of drug-likeness (QED) is 0.626. The summed E-state index contributed by atoms with van der Waals surface area (Å²) in [5, 5.41) is 6.29. The largest absolute Gasteiger partial charge is 0.495 e. The van der Waals surface area contributed by atoms with Crippen LogP contribution in [0.3, 0.4) is 0 Å². The van der Waals surface area contributed by atoms with Crippen molar-refractivity contribution in [1.29, 1.82) is 0 Å². The maximum atomic E-state index is 12.4. The third-order valence-corrected chi connectivity index (χ3v) is 4.65. The van der Waals surface area contributed by atoms with Crippen molar-refractivity contribution in [1.82, 2.24) is 4.90 Å². The van der Waals surface area contributed by atoms with Crippen LogP contribution in [0.5, 0.6) is 5.75 Å². The van der Waals surface area contributed by atoms with Gasteiger partial charge in [-0.25, -0.2) is 0 Å². The van der Waals surface area contributed by atoms with Crippen LogP contribution in [0.25, 0.3) is 0 Å². The van der Waals surface area contributed by atoms with Gasteiger partial charge in [0, 0.05) is 5.02 Å². The number of methoxy groups -OCH3 is 1. The highest BCUT2D eigenvalue weighted by molar-refractivity contribution is 6.42. The van der Waals surface area contributed by atoms with Gasteiger partial charge in [0.25, 0.3) is 0 Å². The number of amides is 2. The van der Waals surface area contributed by atoms with E-state index in [1.165, 1.54) is 19.2 Å². The molecule has 9 heteroatoms. The number of carbonyl (C=O) groups is 2. The molecule has 2 N–H and O–H groups in total. The van der Waals surface area contributed by atoms with Crippen LogP contribution in [0.4, 0.5) is 11.4 Å². The summed E-state index contributed by atoms with van der Waals surface area (Å²) in [7, 11) is 1.53. The van der Waals surface area contributed by atoms with Crippen molar-refractivity contribution in [2.24, 2.45) is 0 Å². The van der Waals surface area contributed by atoms with Crippen molar-refractivity contribution in [2.75, 3.05) is 37.4 Å². The van der Waals surface area contributed by atoms with Gasteiger partial charge in [-0.1, -0.05) is 53.9 Å². The van der Waals surface area contributed by atoms with Crippen molar-refractivity contribution < 1.29 is 14.3 Å². The zero-order chi connectivity index (χ0) is 20.7. The second kappa shape index (κ2) is 10.5. The minimum atomic E-state index is -0.349. The Morgan fingerprint density at radius 1 is 1.00 bits per heavy atom. The Balaban J connectivity index is 1.96. The number of halogens is 3. The highest BCUT2D eigenvalue weighted by atomic mass is 35.5. The summed E-state index contributed by atoms with van der Waals surface area (Å²) < 4.78 is 5.21. The molecule has 2 aromatic rings.